The molecule has 5 heteroatoms. The van der Waals surface area contributed by atoms with Crippen LogP contribution in [-0.2, 0) is 0 Å². The van der Waals surface area contributed by atoms with Crippen LogP contribution in [0.2, 0.25) is 0 Å². The highest BCUT2D eigenvalue weighted by molar-refractivity contribution is 9.10. The monoisotopic (exact) mass is 322 g/mol. The molecule has 0 aliphatic carbocycles. The minimum Gasteiger partial charge on any atom is -0.369 e. The molecule has 3 rings (SSSR count). The minimum absolute atomic E-state index is 0.450. The molecule has 0 spiro atoms. The number of imidazole rings is 1. The summed E-state index contributed by atoms with van der Waals surface area (Å²) in [6, 6.07) is 7.18. The Morgan fingerprint density at radius 3 is 2.95 bits per heavy atom. The Kier molecular flexibility index (Phi) is 3.27. The van der Waals surface area contributed by atoms with E-state index in [2.05, 4.69) is 50.4 Å². The van der Waals surface area contributed by atoms with Gasteiger partial charge in [0, 0.05) is 23.1 Å². The molecule has 1 fully saturated rings. The molecule has 19 heavy (non-hydrogen) atoms. The van der Waals surface area contributed by atoms with E-state index in [-0.39, 0.29) is 0 Å². The molecule has 4 nitrogen and oxygen atoms in total. The second-order valence-electron chi connectivity index (χ2n) is 5.48. The van der Waals surface area contributed by atoms with Crippen molar-refractivity contribution in [3.8, 4) is 0 Å². The summed E-state index contributed by atoms with van der Waals surface area (Å²) in [6.45, 7) is 3.39. The first-order chi connectivity index (χ1) is 9.06. The number of nitrogens with two attached hydrogens (primary N) is 1. The van der Waals surface area contributed by atoms with E-state index in [1.54, 1.807) is 0 Å². The SMILES string of the molecule is CC1CC(n2c(N)nc3ccc(Br)cc32)CCN1C. The fourth-order valence-electron chi connectivity index (χ4n) is 2.97. The lowest BCUT2D eigenvalue weighted by atomic mass is 9.98. The van der Waals surface area contributed by atoms with Gasteiger partial charge < -0.3 is 15.2 Å². The van der Waals surface area contributed by atoms with Crippen LogP contribution in [-0.4, -0.2) is 34.1 Å². The molecule has 1 aromatic carbocycles. The summed E-state index contributed by atoms with van der Waals surface area (Å²) in [4.78, 5) is 6.88. The number of likely N-dealkylation sites (tertiary alicyclic amines) is 1. The maximum absolute atomic E-state index is 6.14. The maximum atomic E-state index is 6.14. The Morgan fingerprint density at radius 1 is 1.42 bits per heavy atom. The van der Waals surface area contributed by atoms with Crippen LogP contribution in [0.25, 0.3) is 11.0 Å². The average Bonchev–Trinajstić information content (AvgIpc) is 2.68. The zero-order valence-electron chi connectivity index (χ0n) is 11.3. The number of piperidine rings is 1. The van der Waals surface area contributed by atoms with E-state index in [4.69, 9.17) is 5.73 Å². The minimum atomic E-state index is 0.450. The molecule has 1 aliphatic rings. The van der Waals surface area contributed by atoms with Gasteiger partial charge in [0.2, 0.25) is 5.95 Å². The zero-order chi connectivity index (χ0) is 13.6. The lowest BCUT2D eigenvalue weighted by Crippen LogP contribution is -2.38. The fraction of sp³-hybridized carbons (Fsp3) is 0.500. The van der Waals surface area contributed by atoms with Crippen molar-refractivity contribution >= 4 is 32.9 Å². The molecule has 0 radical (unpaired) electrons. The molecule has 2 aromatic rings. The van der Waals surface area contributed by atoms with Crippen LogP contribution in [0.3, 0.4) is 0 Å². The number of nitrogen functional groups attached to an aromatic ring is 1. The first-order valence-corrected chi connectivity index (χ1v) is 7.49. The Bertz CT molecular complexity index is 607. The number of rotatable bonds is 1. The van der Waals surface area contributed by atoms with Gasteiger partial charge in [-0.15, -0.1) is 0 Å². The Labute approximate surface area is 121 Å². The van der Waals surface area contributed by atoms with Crippen molar-refractivity contribution in [3.05, 3.63) is 22.7 Å². The van der Waals surface area contributed by atoms with Crippen molar-refractivity contribution in [2.75, 3.05) is 19.3 Å². The van der Waals surface area contributed by atoms with Gasteiger partial charge in [0.15, 0.2) is 0 Å². The predicted octanol–water partition coefficient (Wildman–Crippen LogP) is 3.04. The van der Waals surface area contributed by atoms with Crippen LogP contribution in [0.4, 0.5) is 5.95 Å². The van der Waals surface area contributed by atoms with E-state index in [1.807, 2.05) is 12.1 Å². The number of aromatic nitrogens is 2. The van der Waals surface area contributed by atoms with Crippen LogP contribution in [0.1, 0.15) is 25.8 Å². The number of hydrogen-bond donors (Lipinski definition) is 1. The first-order valence-electron chi connectivity index (χ1n) is 6.69. The second kappa shape index (κ2) is 4.80. The van der Waals surface area contributed by atoms with Gasteiger partial charge in [-0.25, -0.2) is 4.98 Å². The molecular formula is C14H19BrN4. The highest BCUT2D eigenvalue weighted by atomic mass is 79.9. The third kappa shape index (κ3) is 2.25. The highest BCUT2D eigenvalue weighted by Crippen LogP contribution is 2.32. The summed E-state index contributed by atoms with van der Waals surface area (Å²) in [5, 5.41) is 0. The molecule has 0 bridgehead atoms. The quantitative estimate of drug-likeness (QED) is 0.877. The molecule has 1 aromatic heterocycles. The van der Waals surface area contributed by atoms with E-state index < -0.39 is 0 Å². The topological polar surface area (TPSA) is 47.1 Å². The normalized spacial score (nSPS) is 25.0. The lowest BCUT2D eigenvalue weighted by Gasteiger charge is -2.36. The van der Waals surface area contributed by atoms with Crippen LogP contribution in [0, 0.1) is 0 Å². The smallest absolute Gasteiger partial charge is 0.201 e. The van der Waals surface area contributed by atoms with Gasteiger partial charge in [-0.05, 0) is 45.0 Å². The van der Waals surface area contributed by atoms with Crippen molar-refractivity contribution in [2.45, 2.75) is 31.8 Å². The van der Waals surface area contributed by atoms with Gasteiger partial charge in [0.05, 0.1) is 11.0 Å². The molecule has 0 amide bonds. The summed E-state index contributed by atoms with van der Waals surface area (Å²) in [7, 11) is 2.19. The van der Waals surface area contributed by atoms with Gasteiger partial charge in [-0.1, -0.05) is 15.9 Å². The van der Waals surface area contributed by atoms with Gasteiger partial charge >= 0.3 is 0 Å². The van der Waals surface area contributed by atoms with E-state index >= 15 is 0 Å². The van der Waals surface area contributed by atoms with Gasteiger partial charge in [-0.2, -0.15) is 0 Å². The average molecular weight is 323 g/mol. The Hall–Kier alpha value is -1.07. The summed E-state index contributed by atoms with van der Waals surface area (Å²) < 4.78 is 3.28. The van der Waals surface area contributed by atoms with Gasteiger partial charge in [0.1, 0.15) is 0 Å². The van der Waals surface area contributed by atoms with E-state index in [1.165, 1.54) is 0 Å². The maximum Gasteiger partial charge on any atom is 0.201 e. The standard InChI is InChI=1S/C14H19BrN4/c1-9-7-11(5-6-18(9)2)19-13-8-10(15)3-4-12(13)17-14(19)16/h3-4,8-9,11H,5-7H2,1-2H3,(H2,16,17). The summed E-state index contributed by atoms with van der Waals surface area (Å²) in [5.41, 5.74) is 8.25. The third-order valence-electron chi connectivity index (χ3n) is 4.22. The van der Waals surface area contributed by atoms with E-state index in [0.717, 1.165) is 34.9 Å². The molecule has 102 valence electrons. The van der Waals surface area contributed by atoms with E-state index in [0.29, 0.717) is 18.0 Å². The molecule has 0 saturated carbocycles. The van der Waals surface area contributed by atoms with Crippen molar-refractivity contribution in [1.29, 1.82) is 0 Å². The van der Waals surface area contributed by atoms with Gasteiger partial charge in [0.25, 0.3) is 0 Å². The number of halogens is 1. The van der Waals surface area contributed by atoms with Crippen molar-refractivity contribution < 1.29 is 0 Å². The summed E-state index contributed by atoms with van der Waals surface area (Å²) >= 11 is 3.53. The van der Waals surface area contributed by atoms with Crippen molar-refractivity contribution in [2.24, 2.45) is 0 Å². The summed E-state index contributed by atoms with van der Waals surface area (Å²) in [5.74, 6) is 0.634. The molecular weight excluding hydrogens is 304 g/mol. The van der Waals surface area contributed by atoms with Crippen LogP contribution < -0.4 is 5.73 Å². The predicted molar refractivity (Wildman–Crippen MR) is 82.2 cm³/mol. The molecule has 2 atom stereocenters. The molecule has 2 unspecified atom stereocenters. The van der Waals surface area contributed by atoms with Crippen molar-refractivity contribution in [1.82, 2.24) is 14.5 Å². The first kappa shape index (κ1) is 12.9. The fourth-order valence-corrected chi connectivity index (χ4v) is 3.32. The number of anilines is 1. The summed E-state index contributed by atoms with van der Waals surface area (Å²) in [6.07, 6.45) is 2.25. The van der Waals surface area contributed by atoms with Crippen LogP contribution in [0.15, 0.2) is 22.7 Å². The van der Waals surface area contributed by atoms with E-state index in [9.17, 15) is 0 Å². The Balaban J connectivity index is 2.04. The molecule has 1 saturated heterocycles. The number of hydrogen-bond acceptors (Lipinski definition) is 3. The second-order valence-corrected chi connectivity index (χ2v) is 6.40. The third-order valence-corrected chi connectivity index (χ3v) is 4.72. The number of benzene rings is 1. The van der Waals surface area contributed by atoms with Crippen LogP contribution >= 0.6 is 15.9 Å². The van der Waals surface area contributed by atoms with Gasteiger partial charge in [-0.3, -0.25) is 0 Å². The largest absolute Gasteiger partial charge is 0.369 e. The number of nitrogens with zero attached hydrogens (tertiary/aromatic N) is 3. The molecule has 1 aliphatic heterocycles. The Morgan fingerprint density at radius 2 is 2.21 bits per heavy atom. The molecule has 2 N–H and O–H groups in total. The lowest BCUT2D eigenvalue weighted by molar-refractivity contribution is 0.159. The molecule has 2 heterocycles. The zero-order valence-corrected chi connectivity index (χ0v) is 12.9. The highest BCUT2D eigenvalue weighted by Gasteiger charge is 2.26. The van der Waals surface area contributed by atoms with Crippen LogP contribution in [0.5, 0.6) is 0 Å². The number of fused-ring (bicyclic) bond motifs is 1. The van der Waals surface area contributed by atoms with Crippen molar-refractivity contribution in [3.63, 3.8) is 0 Å².